The Morgan fingerprint density at radius 2 is 1.77 bits per heavy atom. The molecule has 1 aromatic carbocycles. The van der Waals surface area contributed by atoms with Crippen LogP contribution in [0.4, 0.5) is 4.79 Å². The molecular formula is C22H38IN5O3. The van der Waals surface area contributed by atoms with Gasteiger partial charge in [0.05, 0.1) is 12.1 Å². The number of hydrogen-bond acceptors (Lipinski definition) is 4. The number of alkyl carbamates (subject to hydrolysis) is 1. The number of halogens is 1. The van der Waals surface area contributed by atoms with E-state index in [1.165, 1.54) is 0 Å². The van der Waals surface area contributed by atoms with Crippen LogP contribution in [0.25, 0.3) is 0 Å². The molecule has 0 bridgehead atoms. The number of guanidine groups is 1. The first-order chi connectivity index (χ1) is 14.0. The molecule has 0 fully saturated rings. The van der Waals surface area contributed by atoms with E-state index in [0.717, 1.165) is 18.5 Å². The second-order valence-electron chi connectivity index (χ2n) is 8.66. The first kappa shape index (κ1) is 29.0. The molecule has 8 nitrogen and oxygen atoms in total. The summed E-state index contributed by atoms with van der Waals surface area (Å²) in [7, 11) is 1.62. The molecule has 0 saturated heterocycles. The van der Waals surface area contributed by atoms with Gasteiger partial charge < -0.3 is 26.0 Å². The number of amides is 2. The van der Waals surface area contributed by atoms with E-state index in [1.807, 2.05) is 59.7 Å². The molecule has 0 aliphatic heterocycles. The maximum Gasteiger partial charge on any atom is 0.408 e. The summed E-state index contributed by atoms with van der Waals surface area (Å²) in [6.07, 6.45) is 0.283. The average Bonchev–Trinajstić information content (AvgIpc) is 2.63. The van der Waals surface area contributed by atoms with Crippen LogP contribution in [0.3, 0.4) is 0 Å². The Hall–Kier alpha value is -2.04. The smallest absolute Gasteiger partial charge is 0.408 e. The summed E-state index contributed by atoms with van der Waals surface area (Å²) in [5.74, 6) is 0.568. The zero-order valence-corrected chi connectivity index (χ0v) is 22.0. The number of hydrogen-bond donors (Lipinski definition) is 4. The highest BCUT2D eigenvalue weighted by molar-refractivity contribution is 14.0. The van der Waals surface area contributed by atoms with Crippen LogP contribution >= 0.6 is 24.0 Å². The van der Waals surface area contributed by atoms with Gasteiger partial charge in [0.25, 0.3) is 5.91 Å². The van der Waals surface area contributed by atoms with E-state index in [-0.39, 0.29) is 29.9 Å². The van der Waals surface area contributed by atoms with Crippen molar-refractivity contribution >= 4 is 41.9 Å². The van der Waals surface area contributed by atoms with Crippen LogP contribution in [0, 0.1) is 0 Å². The Labute approximate surface area is 203 Å². The van der Waals surface area contributed by atoms with Crippen molar-refractivity contribution in [3.8, 4) is 0 Å². The molecule has 0 unspecified atom stereocenters. The Bertz CT molecular complexity index is 745. The molecule has 1 aromatic rings. The summed E-state index contributed by atoms with van der Waals surface area (Å²) in [5, 5.41) is 12.0. The molecule has 0 heterocycles. The zero-order chi connectivity index (χ0) is 22.8. The molecule has 0 spiro atoms. The fourth-order valence-corrected chi connectivity index (χ4v) is 2.58. The summed E-state index contributed by atoms with van der Waals surface area (Å²) < 4.78 is 5.32. The number of rotatable bonds is 8. The standard InChI is InChI=1S/C22H37N5O3.HI/c1-8-24-19(26-15-22(5,6)27-20(29)30-21(2,3)4)25-13-12-16-10-9-11-17(14-16)18(28)23-7;/h9-11,14H,8,12-13,15H2,1-7H3,(H,23,28)(H,27,29)(H2,24,25,26);1H. The molecule has 9 heteroatoms. The number of carbonyl (C=O) groups excluding carboxylic acids is 2. The Morgan fingerprint density at radius 1 is 1.10 bits per heavy atom. The molecule has 0 aliphatic carbocycles. The van der Waals surface area contributed by atoms with E-state index in [9.17, 15) is 9.59 Å². The highest BCUT2D eigenvalue weighted by Gasteiger charge is 2.24. The van der Waals surface area contributed by atoms with E-state index in [2.05, 4.69) is 26.3 Å². The molecule has 2 amide bonds. The molecule has 1 rings (SSSR count). The van der Waals surface area contributed by atoms with Crippen molar-refractivity contribution in [2.24, 2.45) is 4.99 Å². The molecule has 4 N–H and O–H groups in total. The number of nitrogens with zero attached hydrogens (tertiary/aromatic N) is 1. The van der Waals surface area contributed by atoms with E-state index in [4.69, 9.17) is 4.74 Å². The van der Waals surface area contributed by atoms with Crippen LogP contribution in [0.5, 0.6) is 0 Å². The topological polar surface area (TPSA) is 104 Å². The van der Waals surface area contributed by atoms with Crippen molar-refractivity contribution in [2.45, 2.75) is 59.1 Å². The van der Waals surface area contributed by atoms with E-state index in [1.54, 1.807) is 13.1 Å². The normalized spacial score (nSPS) is 11.8. The second-order valence-corrected chi connectivity index (χ2v) is 8.66. The molecule has 0 saturated carbocycles. The summed E-state index contributed by atoms with van der Waals surface area (Å²) in [6, 6.07) is 7.55. The summed E-state index contributed by atoms with van der Waals surface area (Å²) >= 11 is 0. The quantitative estimate of drug-likeness (QED) is 0.228. The van der Waals surface area contributed by atoms with Gasteiger partial charge in [-0.05, 0) is 65.7 Å². The minimum absolute atomic E-state index is 0. The van der Waals surface area contributed by atoms with Crippen molar-refractivity contribution < 1.29 is 14.3 Å². The lowest BCUT2D eigenvalue weighted by atomic mass is 10.1. The van der Waals surface area contributed by atoms with Crippen LogP contribution in [0.2, 0.25) is 0 Å². The molecule has 176 valence electrons. The maximum atomic E-state index is 12.0. The molecule has 31 heavy (non-hydrogen) atoms. The second kappa shape index (κ2) is 13.4. The molecular weight excluding hydrogens is 509 g/mol. The van der Waals surface area contributed by atoms with Gasteiger partial charge in [-0.25, -0.2) is 4.79 Å². The summed E-state index contributed by atoms with van der Waals surface area (Å²) in [6.45, 7) is 13.0. The number of nitrogens with one attached hydrogen (secondary N) is 4. The third-order valence-electron chi connectivity index (χ3n) is 3.94. The van der Waals surface area contributed by atoms with Crippen molar-refractivity contribution in [1.29, 1.82) is 0 Å². The average molecular weight is 547 g/mol. The van der Waals surface area contributed by atoms with E-state index < -0.39 is 17.2 Å². The van der Waals surface area contributed by atoms with Gasteiger partial charge in [0.15, 0.2) is 5.96 Å². The fourth-order valence-electron chi connectivity index (χ4n) is 2.58. The van der Waals surface area contributed by atoms with Crippen LogP contribution in [-0.4, -0.2) is 55.8 Å². The van der Waals surface area contributed by atoms with E-state index in [0.29, 0.717) is 24.6 Å². The fraction of sp³-hybridized carbons (Fsp3) is 0.591. The van der Waals surface area contributed by atoms with Crippen LogP contribution in [0.15, 0.2) is 29.3 Å². The number of aliphatic imine (C=N–C) groups is 1. The maximum absolute atomic E-state index is 12.0. The van der Waals surface area contributed by atoms with Gasteiger partial charge in [-0.2, -0.15) is 0 Å². The number of carbonyl (C=O) groups is 2. The van der Waals surface area contributed by atoms with Gasteiger partial charge in [0, 0.05) is 25.7 Å². The van der Waals surface area contributed by atoms with E-state index >= 15 is 0 Å². The summed E-state index contributed by atoms with van der Waals surface area (Å²) in [4.78, 5) is 28.4. The van der Waals surface area contributed by atoms with Crippen LogP contribution in [-0.2, 0) is 11.2 Å². The van der Waals surface area contributed by atoms with Crippen molar-refractivity contribution in [1.82, 2.24) is 21.3 Å². The predicted molar refractivity (Wildman–Crippen MR) is 136 cm³/mol. The monoisotopic (exact) mass is 547 g/mol. The third kappa shape index (κ3) is 12.4. The predicted octanol–water partition coefficient (Wildman–Crippen LogP) is 3.07. The van der Waals surface area contributed by atoms with Crippen molar-refractivity contribution in [2.75, 3.05) is 26.7 Å². The van der Waals surface area contributed by atoms with Crippen LogP contribution in [0.1, 0.15) is 57.5 Å². The Kier molecular flexibility index (Phi) is 12.5. The first-order valence-electron chi connectivity index (χ1n) is 10.3. The highest BCUT2D eigenvalue weighted by atomic mass is 127. The third-order valence-corrected chi connectivity index (χ3v) is 3.94. The lowest BCUT2D eigenvalue weighted by Crippen LogP contribution is -2.49. The molecule has 0 atom stereocenters. The minimum Gasteiger partial charge on any atom is -0.444 e. The zero-order valence-electron chi connectivity index (χ0n) is 19.7. The minimum atomic E-state index is -0.563. The van der Waals surface area contributed by atoms with Gasteiger partial charge in [-0.3, -0.25) is 9.79 Å². The largest absolute Gasteiger partial charge is 0.444 e. The molecule has 0 radical (unpaired) electrons. The van der Waals surface area contributed by atoms with Crippen LogP contribution < -0.4 is 21.3 Å². The lowest BCUT2D eigenvalue weighted by Gasteiger charge is -2.27. The van der Waals surface area contributed by atoms with Crippen molar-refractivity contribution in [3.05, 3.63) is 35.4 Å². The highest BCUT2D eigenvalue weighted by Crippen LogP contribution is 2.10. The lowest BCUT2D eigenvalue weighted by molar-refractivity contribution is 0.0476. The van der Waals surface area contributed by atoms with Gasteiger partial charge >= 0.3 is 6.09 Å². The van der Waals surface area contributed by atoms with Gasteiger partial charge in [0.2, 0.25) is 0 Å². The Morgan fingerprint density at radius 3 is 2.35 bits per heavy atom. The first-order valence-corrected chi connectivity index (χ1v) is 10.3. The number of ether oxygens (including phenoxy) is 1. The van der Waals surface area contributed by atoms with Crippen molar-refractivity contribution in [3.63, 3.8) is 0 Å². The molecule has 0 aliphatic rings. The molecule has 0 aromatic heterocycles. The van der Waals surface area contributed by atoms with Gasteiger partial charge in [-0.15, -0.1) is 24.0 Å². The number of benzene rings is 1. The Balaban J connectivity index is 0.00000900. The SMILES string of the molecule is CCNC(=NCC(C)(C)NC(=O)OC(C)(C)C)NCCc1cccc(C(=O)NC)c1.I. The van der Waals surface area contributed by atoms with Gasteiger partial charge in [0.1, 0.15) is 5.60 Å². The van der Waals surface area contributed by atoms with Gasteiger partial charge in [-0.1, -0.05) is 12.1 Å². The summed E-state index contributed by atoms with van der Waals surface area (Å²) in [5.41, 5.74) is 0.596.